The molecule has 1 heterocycles. The zero-order chi connectivity index (χ0) is 26.1. The van der Waals surface area contributed by atoms with Gasteiger partial charge in [0, 0.05) is 23.6 Å². The number of nitrogens with zero attached hydrogens (tertiary/aromatic N) is 2. The molecule has 4 rings (SSSR count). The molecule has 3 aromatic carbocycles. The van der Waals surface area contributed by atoms with Crippen LogP contribution >= 0.6 is 11.3 Å². The van der Waals surface area contributed by atoms with Crippen molar-refractivity contribution in [1.29, 1.82) is 0 Å². The molecule has 0 aliphatic heterocycles. The molecule has 0 aliphatic carbocycles. The van der Waals surface area contributed by atoms with Gasteiger partial charge in [0.2, 0.25) is 10.0 Å². The van der Waals surface area contributed by atoms with Crippen LogP contribution < -0.4 is 9.62 Å². The van der Waals surface area contributed by atoms with Crippen molar-refractivity contribution in [2.24, 2.45) is 0 Å². The van der Waals surface area contributed by atoms with Crippen LogP contribution in [0.4, 0.5) is 24.0 Å². The molecule has 186 valence electrons. The lowest BCUT2D eigenvalue weighted by Crippen LogP contribution is -2.24. The van der Waals surface area contributed by atoms with Gasteiger partial charge >= 0.3 is 6.18 Å². The number of amides is 1. The van der Waals surface area contributed by atoms with Crippen molar-refractivity contribution in [3.05, 3.63) is 89.3 Å². The fourth-order valence-electron chi connectivity index (χ4n) is 3.46. The van der Waals surface area contributed by atoms with E-state index in [1.807, 2.05) is 0 Å². The quantitative estimate of drug-likeness (QED) is 0.324. The summed E-state index contributed by atoms with van der Waals surface area (Å²) >= 11 is 1.12. The lowest BCUT2D eigenvalue weighted by Gasteiger charge is -2.16. The number of aromatic nitrogens is 1. The van der Waals surface area contributed by atoms with Crippen LogP contribution in [0.25, 0.3) is 22.4 Å². The van der Waals surface area contributed by atoms with Gasteiger partial charge in [-0.15, -0.1) is 11.3 Å². The van der Waals surface area contributed by atoms with Crippen molar-refractivity contribution in [2.75, 3.05) is 22.9 Å². The minimum atomic E-state index is -4.65. The molecule has 4 aromatic rings. The van der Waals surface area contributed by atoms with E-state index >= 15 is 0 Å². The molecule has 0 spiro atoms. The predicted molar refractivity (Wildman–Crippen MR) is 136 cm³/mol. The first kappa shape index (κ1) is 25.4. The van der Waals surface area contributed by atoms with Crippen molar-refractivity contribution in [1.82, 2.24) is 4.98 Å². The average Bonchev–Trinajstić information content (AvgIpc) is 3.31. The van der Waals surface area contributed by atoms with E-state index in [-0.39, 0.29) is 16.3 Å². The van der Waals surface area contributed by atoms with Crippen LogP contribution in [0, 0.1) is 0 Å². The minimum Gasteiger partial charge on any atom is -0.298 e. The standard InChI is InChI=1S/C25H20F3N3O3S2/c1-31(36(2,33)34)19-11-8-17(9-12-19)22-15-35-24(29-22)30-23(32)18-10-13-20(16-6-4-3-5-7-16)21(14-18)25(26,27)28/h3-15H,1-2H3,(H,29,30,32). The summed E-state index contributed by atoms with van der Waals surface area (Å²) in [5, 5.41) is 4.45. The van der Waals surface area contributed by atoms with E-state index in [0.717, 1.165) is 28.0 Å². The Balaban J connectivity index is 1.54. The van der Waals surface area contributed by atoms with Crippen molar-refractivity contribution in [3.63, 3.8) is 0 Å². The molecule has 11 heteroatoms. The number of carbonyl (C=O) groups excluding carboxylic acids is 1. The normalized spacial score (nSPS) is 11.8. The third-order valence-electron chi connectivity index (χ3n) is 5.42. The largest absolute Gasteiger partial charge is 0.417 e. The maximum Gasteiger partial charge on any atom is 0.417 e. The second-order valence-corrected chi connectivity index (χ2v) is 10.8. The van der Waals surface area contributed by atoms with E-state index in [1.54, 1.807) is 60.0 Å². The fourth-order valence-corrected chi connectivity index (χ4v) is 4.68. The summed E-state index contributed by atoms with van der Waals surface area (Å²) < 4.78 is 65.8. The Morgan fingerprint density at radius 1 is 0.972 bits per heavy atom. The molecule has 0 saturated carbocycles. The third-order valence-corrected chi connectivity index (χ3v) is 7.38. The monoisotopic (exact) mass is 531 g/mol. The fraction of sp³-hybridized carbons (Fsp3) is 0.120. The van der Waals surface area contributed by atoms with E-state index in [2.05, 4.69) is 10.3 Å². The Kier molecular flexibility index (Phi) is 6.87. The summed E-state index contributed by atoms with van der Waals surface area (Å²) in [6.45, 7) is 0. The highest BCUT2D eigenvalue weighted by Crippen LogP contribution is 2.38. The van der Waals surface area contributed by atoms with Crippen LogP contribution in [0.2, 0.25) is 0 Å². The molecule has 0 aliphatic rings. The van der Waals surface area contributed by atoms with Gasteiger partial charge in [-0.3, -0.25) is 14.4 Å². The molecule has 1 aromatic heterocycles. The number of hydrogen-bond donors (Lipinski definition) is 1. The van der Waals surface area contributed by atoms with Gasteiger partial charge in [0.15, 0.2) is 5.13 Å². The van der Waals surface area contributed by atoms with Gasteiger partial charge in [-0.2, -0.15) is 13.2 Å². The second-order valence-electron chi connectivity index (χ2n) is 7.89. The molecule has 0 atom stereocenters. The molecule has 1 N–H and O–H groups in total. The Morgan fingerprint density at radius 3 is 2.25 bits per heavy atom. The van der Waals surface area contributed by atoms with Gasteiger partial charge in [0.25, 0.3) is 5.91 Å². The van der Waals surface area contributed by atoms with Crippen LogP contribution in [0.5, 0.6) is 0 Å². The topological polar surface area (TPSA) is 79.4 Å². The number of nitrogens with one attached hydrogen (secondary N) is 1. The molecule has 6 nitrogen and oxygen atoms in total. The summed E-state index contributed by atoms with van der Waals surface area (Å²) in [4.78, 5) is 17.1. The zero-order valence-electron chi connectivity index (χ0n) is 19.1. The van der Waals surface area contributed by atoms with E-state index in [0.29, 0.717) is 22.5 Å². The SMILES string of the molecule is CN(c1ccc(-c2csc(NC(=O)c3ccc(-c4ccccc4)c(C(F)(F)F)c3)n2)cc1)S(C)(=O)=O. The van der Waals surface area contributed by atoms with E-state index < -0.39 is 27.7 Å². The summed E-state index contributed by atoms with van der Waals surface area (Å²) in [5.74, 6) is -0.717. The second kappa shape index (κ2) is 9.75. The van der Waals surface area contributed by atoms with Crippen LogP contribution in [-0.2, 0) is 16.2 Å². The number of halogens is 3. The Hall–Kier alpha value is -3.70. The van der Waals surface area contributed by atoms with Gasteiger partial charge in [0.05, 0.1) is 23.2 Å². The number of anilines is 2. The van der Waals surface area contributed by atoms with Crippen molar-refractivity contribution in [2.45, 2.75) is 6.18 Å². The smallest absolute Gasteiger partial charge is 0.298 e. The molecule has 0 unspecified atom stereocenters. The van der Waals surface area contributed by atoms with Crippen LogP contribution in [0.1, 0.15) is 15.9 Å². The molecule has 1 amide bonds. The van der Waals surface area contributed by atoms with Gasteiger partial charge < -0.3 is 0 Å². The molecular formula is C25H20F3N3O3S2. The molecule has 36 heavy (non-hydrogen) atoms. The molecule has 0 fully saturated rings. The summed E-state index contributed by atoms with van der Waals surface area (Å²) in [7, 11) is -1.96. The first-order chi connectivity index (χ1) is 16.9. The van der Waals surface area contributed by atoms with Gasteiger partial charge in [0.1, 0.15) is 0 Å². The lowest BCUT2D eigenvalue weighted by molar-refractivity contribution is -0.137. The highest BCUT2D eigenvalue weighted by atomic mass is 32.2. The number of sulfonamides is 1. The molecule has 0 radical (unpaired) electrons. The van der Waals surface area contributed by atoms with E-state index in [4.69, 9.17) is 0 Å². The average molecular weight is 532 g/mol. The number of hydrogen-bond acceptors (Lipinski definition) is 5. The molecule has 0 saturated heterocycles. The van der Waals surface area contributed by atoms with Crippen LogP contribution in [0.3, 0.4) is 0 Å². The van der Waals surface area contributed by atoms with Gasteiger partial charge in [-0.25, -0.2) is 13.4 Å². The minimum absolute atomic E-state index is 0.0128. The Bertz CT molecular complexity index is 1500. The van der Waals surface area contributed by atoms with Gasteiger partial charge in [-0.05, 0) is 35.4 Å². The van der Waals surface area contributed by atoms with Crippen molar-refractivity contribution < 1.29 is 26.4 Å². The first-order valence-electron chi connectivity index (χ1n) is 10.5. The number of thiazole rings is 1. The molecule has 0 bridgehead atoms. The number of benzene rings is 3. The van der Waals surface area contributed by atoms with Crippen molar-refractivity contribution in [3.8, 4) is 22.4 Å². The van der Waals surface area contributed by atoms with Crippen molar-refractivity contribution >= 4 is 38.1 Å². The van der Waals surface area contributed by atoms with E-state index in [9.17, 15) is 26.4 Å². The van der Waals surface area contributed by atoms with Gasteiger partial charge in [-0.1, -0.05) is 48.5 Å². The maximum absolute atomic E-state index is 13.8. The number of carbonyl (C=O) groups is 1. The van der Waals surface area contributed by atoms with Crippen LogP contribution in [-0.4, -0.2) is 32.6 Å². The number of rotatable bonds is 6. The third kappa shape index (κ3) is 5.58. The highest BCUT2D eigenvalue weighted by molar-refractivity contribution is 7.92. The maximum atomic E-state index is 13.8. The first-order valence-corrected chi connectivity index (χ1v) is 13.2. The molecular weight excluding hydrogens is 511 g/mol. The summed E-state index contributed by atoms with van der Waals surface area (Å²) in [5.41, 5.74) is 1.02. The van der Waals surface area contributed by atoms with E-state index in [1.165, 1.54) is 19.2 Å². The van der Waals surface area contributed by atoms with Crippen LogP contribution in [0.15, 0.2) is 78.2 Å². The summed E-state index contributed by atoms with van der Waals surface area (Å²) in [6, 6.07) is 18.3. The zero-order valence-corrected chi connectivity index (χ0v) is 20.7. The Morgan fingerprint density at radius 2 is 1.64 bits per heavy atom. The lowest BCUT2D eigenvalue weighted by atomic mass is 9.97. The highest BCUT2D eigenvalue weighted by Gasteiger charge is 2.34. The number of alkyl halides is 3. The summed E-state index contributed by atoms with van der Waals surface area (Å²) in [6.07, 6.45) is -3.55. The predicted octanol–water partition coefficient (Wildman–Crippen LogP) is 6.14. The Labute approximate surface area is 210 Å².